The van der Waals surface area contributed by atoms with Crippen LogP contribution in [0.1, 0.15) is 24.0 Å². The van der Waals surface area contributed by atoms with Gasteiger partial charge in [-0.25, -0.2) is 8.78 Å². The highest BCUT2D eigenvalue weighted by molar-refractivity contribution is 6.02. The number of aliphatic hydroxyl groups excluding tert-OH is 1. The highest BCUT2D eigenvalue weighted by Gasteiger charge is 2.24. The van der Waals surface area contributed by atoms with E-state index in [-0.39, 0.29) is 22.7 Å². The van der Waals surface area contributed by atoms with Gasteiger partial charge in [-0.05, 0) is 72.9 Å². The molecule has 176 valence electrons. The smallest absolute Gasteiger partial charge is 0.141 e. The van der Waals surface area contributed by atoms with Crippen molar-refractivity contribution >= 4 is 16.6 Å². The van der Waals surface area contributed by atoms with Crippen molar-refractivity contribution < 1.29 is 19.0 Å². The Kier molecular flexibility index (Phi) is 5.83. The van der Waals surface area contributed by atoms with Gasteiger partial charge in [0.25, 0.3) is 0 Å². The number of piperidine rings is 1. The zero-order valence-corrected chi connectivity index (χ0v) is 19.1. The number of aromatic nitrogens is 1. The highest BCUT2D eigenvalue weighted by atomic mass is 19.1. The molecule has 1 aliphatic rings. The number of rotatable bonds is 3. The normalized spacial score (nSPS) is 15.9. The summed E-state index contributed by atoms with van der Waals surface area (Å²) in [7, 11) is 0. The van der Waals surface area contributed by atoms with E-state index in [1.54, 1.807) is 24.4 Å². The number of nitriles is 1. The summed E-state index contributed by atoms with van der Waals surface area (Å²) in [6, 6.07) is 14.1. The van der Waals surface area contributed by atoms with Gasteiger partial charge in [-0.2, -0.15) is 5.26 Å². The fourth-order valence-corrected chi connectivity index (χ4v) is 4.85. The van der Waals surface area contributed by atoms with Crippen molar-refractivity contribution in [3.63, 3.8) is 0 Å². The minimum atomic E-state index is -0.629. The van der Waals surface area contributed by atoms with Crippen molar-refractivity contribution in [1.82, 2.24) is 4.98 Å². The minimum Gasteiger partial charge on any atom is -0.506 e. The summed E-state index contributed by atoms with van der Waals surface area (Å²) in [6.07, 6.45) is 2.71. The van der Waals surface area contributed by atoms with E-state index < -0.39 is 11.9 Å². The van der Waals surface area contributed by atoms with E-state index in [4.69, 9.17) is 0 Å². The number of fused-ring (bicyclic) bond motifs is 1. The predicted octanol–water partition coefficient (Wildman–Crippen LogP) is 5.69. The van der Waals surface area contributed by atoms with Crippen molar-refractivity contribution in [1.29, 1.82) is 5.26 Å². The highest BCUT2D eigenvalue weighted by Crippen LogP contribution is 2.41. The Morgan fingerprint density at radius 2 is 1.83 bits per heavy atom. The number of aryl methyl sites for hydroxylation is 1. The molecule has 5 nitrogen and oxygen atoms in total. The van der Waals surface area contributed by atoms with Gasteiger partial charge in [-0.1, -0.05) is 12.1 Å². The Labute approximate surface area is 201 Å². The van der Waals surface area contributed by atoms with E-state index in [0.29, 0.717) is 41.7 Å². The van der Waals surface area contributed by atoms with Crippen molar-refractivity contribution in [2.75, 3.05) is 18.0 Å². The standard InChI is InChI=1S/C28H23F2N3O2/c1-16-7-18(9-20(29)8-16)25-14-32-26-5-4-17(23-12-21(30)10-19(13-31)28(23)35)11-24(26)27(25)33-6-2-3-22(34)15-33/h4-5,7-12,14,22,34-35H,2-3,6,15H2,1H3/t22-/m0/s1. The second-order valence-corrected chi connectivity index (χ2v) is 8.97. The molecule has 0 bridgehead atoms. The Bertz CT molecular complexity index is 1480. The maximum atomic E-state index is 14.3. The lowest BCUT2D eigenvalue weighted by molar-refractivity contribution is 0.154. The topological polar surface area (TPSA) is 80.4 Å². The molecule has 1 aliphatic heterocycles. The number of benzene rings is 3. The molecule has 0 spiro atoms. The predicted molar refractivity (Wildman–Crippen MR) is 131 cm³/mol. The number of hydrogen-bond acceptors (Lipinski definition) is 5. The van der Waals surface area contributed by atoms with Crippen LogP contribution in [0, 0.1) is 29.9 Å². The van der Waals surface area contributed by atoms with Crippen LogP contribution >= 0.6 is 0 Å². The Hall–Kier alpha value is -4.02. The molecule has 1 atom stereocenters. The summed E-state index contributed by atoms with van der Waals surface area (Å²) in [5, 5.41) is 31.0. The average Bonchev–Trinajstić information content (AvgIpc) is 2.83. The van der Waals surface area contributed by atoms with Crippen molar-refractivity contribution in [2.24, 2.45) is 0 Å². The number of β-amino-alcohol motifs (C(OH)–C–C–N with tert-alkyl or cyclic N) is 1. The largest absolute Gasteiger partial charge is 0.506 e. The average molecular weight is 472 g/mol. The van der Waals surface area contributed by atoms with E-state index in [1.807, 2.05) is 19.1 Å². The SMILES string of the molecule is Cc1cc(F)cc(-c2cnc3ccc(-c4cc(F)cc(C#N)c4O)cc3c2N2CCC[C@H](O)C2)c1. The maximum Gasteiger partial charge on any atom is 0.141 e. The van der Waals surface area contributed by atoms with Crippen LogP contribution < -0.4 is 4.90 Å². The van der Waals surface area contributed by atoms with Crippen LogP contribution in [-0.2, 0) is 0 Å². The Balaban J connectivity index is 1.79. The molecule has 4 aromatic rings. The van der Waals surface area contributed by atoms with Gasteiger partial charge < -0.3 is 15.1 Å². The van der Waals surface area contributed by atoms with Crippen LogP contribution in [0.15, 0.2) is 54.7 Å². The molecular formula is C28H23F2N3O2. The van der Waals surface area contributed by atoms with Gasteiger partial charge in [0, 0.05) is 35.8 Å². The van der Waals surface area contributed by atoms with Gasteiger partial charge in [0.1, 0.15) is 23.5 Å². The lowest BCUT2D eigenvalue weighted by Gasteiger charge is -2.34. The zero-order chi connectivity index (χ0) is 24.7. The number of anilines is 1. The van der Waals surface area contributed by atoms with Gasteiger partial charge in [0.2, 0.25) is 0 Å². The number of aliphatic hydroxyl groups is 1. The first kappa shape index (κ1) is 22.8. The number of hydrogen-bond donors (Lipinski definition) is 2. The summed E-state index contributed by atoms with van der Waals surface area (Å²) >= 11 is 0. The summed E-state index contributed by atoms with van der Waals surface area (Å²) in [5.41, 5.74) is 4.16. The molecule has 0 saturated carbocycles. The Morgan fingerprint density at radius 3 is 2.57 bits per heavy atom. The quantitative estimate of drug-likeness (QED) is 0.401. The number of phenolic OH excluding ortho intramolecular Hbond substituents is 1. The molecule has 0 amide bonds. The second-order valence-electron chi connectivity index (χ2n) is 8.97. The van der Waals surface area contributed by atoms with Crippen LogP contribution in [0.2, 0.25) is 0 Å². The summed E-state index contributed by atoms with van der Waals surface area (Å²) < 4.78 is 28.6. The summed E-state index contributed by atoms with van der Waals surface area (Å²) in [4.78, 5) is 6.67. The lowest BCUT2D eigenvalue weighted by Crippen LogP contribution is -2.38. The first-order valence-corrected chi connectivity index (χ1v) is 11.4. The zero-order valence-electron chi connectivity index (χ0n) is 19.1. The van der Waals surface area contributed by atoms with Crippen LogP contribution in [0.25, 0.3) is 33.2 Å². The first-order chi connectivity index (χ1) is 16.8. The molecule has 0 aliphatic carbocycles. The van der Waals surface area contributed by atoms with Crippen LogP contribution in [-0.4, -0.2) is 34.4 Å². The van der Waals surface area contributed by atoms with E-state index in [0.717, 1.165) is 29.1 Å². The fraction of sp³-hybridized carbons (Fsp3) is 0.214. The van der Waals surface area contributed by atoms with Gasteiger partial charge >= 0.3 is 0 Å². The molecule has 1 aromatic heterocycles. The van der Waals surface area contributed by atoms with Crippen molar-refractivity contribution in [2.45, 2.75) is 25.9 Å². The Morgan fingerprint density at radius 1 is 1.03 bits per heavy atom. The summed E-state index contributed by atoms with van der Waals surface area (Å²) in [6.45, 7) is 2.93. The first-order valence-electron chi connectivity index (χ1n) is 11.4. The number of aromatic hydroxyl groups is 1. The maximum absolute atomic E-state index is 14.3. The van der Waals surface area contributed by atoms with Gasteiger partial charge in [-0.3, -0.25) is 4.98 Å². The van der Waals surface area contributed by atoms with Crippen LogP contribution in [0.4, 0.5) is 14.5 Å². The monoisotopic (exact) mass is 471 g/mol. The molecule has 2 heterocycles. The number of nitrogens with zero attached hydrogens (tertiary/aromatic N) is 3. The molecule has 3 aromatic carbocycles. The molecule has 35 heavy (non-hydrogen) atoms. The molecule has 7 heteroatoms. The number of halogens is 2. The van der Waals surface area contributed by atoms with Gasteiger partial charge in [0.15, 0.2) is 0 Å². The minimum absolute atomic E-state index is 0.151. The molecule has 0 unspecified atom stereocenters. The van der Waals surface area contributed by atoms with E-state index in [1.165, 1.54) is 18.2 Å². The third kappa shape index (κ3) is 4.29. The van der Waals surface area contributed by atoms with Gasteiger partial charge in [0.05, 0.1) is 22.9 Å². The molecule has 1 fully saturated rings. The fourth-order valence-electron chi connectivity index (χ4n) is 4.85. The van der Waals surface area contributed by atoms with E-state index in [2.05, 4.69) is 9.88 Å². The number of phenols is 1. The van der Waals surface area contributed by atoms with Crippen LogP contribution in [0.5, 0.6) is 5.75 Å². The number of pyridine rings is 1. The molecule has 1 saturated heterocycles. The van der Waals surface area contributed by atoms with Crippen LogP contribution in [0.3, 0.4) is 0 Å². The molecule has 2 N–H and O–H groups in total. The third-order valence-electron chi connectivity index (χ3n) is 6.41. The van der Waals surface area contributed by atoms with Crippen molar-refractivity contribution in [3.05, 3.63) is 77.5 Å². The van der Waals surface area contributed by atoms with E-state index >= 15 is 0 Å². The second kappa shape index (κ2) is 8.97. The van der Waals surface area contributed by atoms with Gasteiger partial charge in [-0.15, -0.1) is 0 Å². The third-order valence-corrected chi connectivity index (χ3v) is 6.41. The molecule has 5 rings (SSSR count). The lowest BCUT2D eigenvalue weighted by atomic mass is 9.95. The molecule has 0 radical (unpaired) electrons. The van der Waals surface area contributed by atoms with Crippen molar-refractivity contribution in [3.8, 4) is 34.1 Å². The molecular weight excluding hydrogens is 448 g/mol. The van der Waals surface area contributed by atoms with E-state index in [9.17, 15) is 24.3 Å². The summed E-state index contributed by atoms with van der Waals surface area (Å²) in [5.74, 6) is -1.28.